The summed E-state index contributed by atoms with van der Waals surface area (Å²) >= 11 is 0. The van der Waals surface area contributed by atoms with Gasteiger partial charge >= 0.3 is 0 Å². The summed E-state index contributed by atoms with van der Waals surface area (Å²) in [6.45, 7) is 4.33. The number of aromatic hydroxyl groups is 1. The standard InChI is InChI=1S/C12H19NO/c1-3-4-7-10(2)13-11-8-5-6-9-12(11)14/h5-6,8-10,13-14H,3-4,7H2,1-2H3. The second-order valence-corrected chi connectivity index (χ2v) is 3.70. The number of rotatable bonds is 5. The Hall–Kier alpha value is -1.18. The molecular formula is C12H19NO. The van der Waals surface area contributed by atoms with E-state index < -0.39 is 0 Å². The lowest BCUT2D eigenvalue weighted by Gasteiger charge is -2.15. The van der Waals surface area contributed by atoms with Crippen molar-refractivity contribution in [2.24, 2.45) is 0 Å². The largest absolute Gasteiger partial charge is 0.506 e. The third kappa shape index (κ3) is 3.29. The SMILES string of the molecule is CCCCC(C)Nc1ccccc1O. The van der Waals surface area contributed by atoms with E-state index in [-0.39, 0.29) is 0 Å². The van der Waals surface area contributed by atoms with Crippen LogP contribution in [0.25, 0.3) is 0 Å². The van der Waals surface area contributed by atoms with Crippen molar-refractivity contribution in [3.63, 3.8) is 0 Å². The Morgan fingerprint density at radius 3 is 2.71 bits per heavy atom. The van der Waals surface area contributed by atoms with E-state index in [0.717, 1.165) is 12.1 Å². The van der Waals surface area contributed by atoms with Gasteiger partial charge in [0.05, 0.1) is 5.69 Å². The van der Waals surface area contributed by atoms with Gasteiger partial charge in [-0.3, -0.25) is 0 Å². The number of phenolic OH excluding ortho intramolecular Hbond substituents is 1. The van der Waals surface area contributed by atoms with Crippen LogP contribution >= 0.6 is 0 Å². The maximum absolute atomic E-state index is 9.52. The molecule has 14 heavy (non-hydrogen) atoms. The lowest BCUT2D eigenvalue weighted by atomic mass is 10.1. The van der Waals surface area contributed by atoms with Gasteiger partial charge in [0.1, 0.15) is 5.75 Å². The summed E-state index contributed by atoms with van der Waals surface area (Å²) in [5, 5.41) is 12.8. The summed E-state index contributed by atoms with van der Waals surface area (Å²) in [6.07, 6.45) is 3.58. The highest BCUT2D eigenvalue weighted by Gasteiger charge is 2.03. The van der Waals surface area contributed by atoms with Crippen molar-refractivity contribution in [1.29, 1.82) is 0 Å². The molecule has 0 fully saturated rings. The average molecular weight is 193 g/mol. The van der Waals surface area contributed by atoms with Crippen LogP contribution in [0, 0.1) is 0 Å². The molecule has 0 spiro atoms. The number of unbranched alkanes of at least 4 members (excludes halogenated alkanes) is 1. The van der Waals surface area contributed by atoms with E-state index in [1.54, 1.807) is 6.07 Å². The van der Waals surface area contributed by atoms with Gasteiger partial charge < -0.3 is 10.4 Å². The lowest BCUT2D eigenvalue weighted by Crippen LogP contribution is -2.14. The number of nitrogens with one attached hydrogen (secondary N) is 1. The third-order valence-electron chi connectivity index (χ3n) is 2.30. The van der Waals surface area contributed by atoms with Gasteiger partial charge in [-0.05, 0) is 25.5 Å². The molecule has 2 nitrogen and oxygen atoms in total. The second-order valence-electron chi connectivity index (χ2n) is 3.70. The first kappa shape index (κ1) is 10.9. The molecule has 0 aliphatic heterocycles. The van der Waals surface area contributed by atoms with Crippen LogP contribution in [0.2, 0.25) is 0 Å². The molecule has 0 saturated heterocycles. The van der Waals surface area contributed by atoms with E-state index in [1.807, 2.05) is 18.2 Å². The van der Waals surface area contributed by atoms with E-state index in [1.165, 1.54) is 12.8 Å². The molecule has 0 bridgehead atoms. The lowest BCUT2D eigenvalue weighted by molar-refractivity contribution is 0.476. The van der Waals surface area contributed by atoms with Gasteiger partial charge in [0.2, 0.25) is 0 Å². The first-order valence-electron chi connectivity index (χ1n) is 5.28. The van der Waals surface area contributed by atoms with Crippen LogP contribution < -0.4 is 5.32 Å². The minimum absolute atomic E-state index is 0.329. The maximum Gasteiger partial charge on any atom is 0.138 e. The Kier molecular flexibility index (Phi) is 4.30. The fourth-order valence-corrected chi connectivity index (χ4v) is 1.44. The van der Waals surface area contributed by atoms with Gasteiger partial charge in [0, 0.05) is 6.04 Å². The van der Waals surface area contributed by atoms with Gasteiger partial charge in [-0.25, -0.2) is 0 Å². The summed E-state index contributed by atoms with van der Waals surface area (Å²) in [6, 6.07) is 7.78. The quantitative estimate of drug-likeness (QED) is 0.702. The molecule has 1 unspecified atom stereocenters. The summed E-state index contributed by atoms with van der Waals surface area (Å²) in [4.78, 5) is 0. The fraction of sp³-hybridized carbons (Fsp3) is 0.500. The number of hydrogen-bond acceptors (Lipinski definition) is 2. The Morgan fingerprint density at radius 2 is 2.07 bits per heavy atom. The van der Waals surface area contributed by atoms with E-state index >= 15 is 0 Å². The molecule has 1 atom stereocenters. The average Bonchev–Trinajstić information content (AvgIpc) is 2.18. The number of para-hydroxylation sites is 2. The predicted molar refractivity (Wildman–Crippen MR) is 60.7 cm³/mol. The predicted octanol–water partition coefficient (Wildman–Crippen LogP) is 3.38. The fourth-order valence-electron chi connectivity index (χ4n) is 1.44. The number of phenols is 1. The van der Waals surface area contributed by atoms with E-state index in [9.17, 15) is 5.11 Å². The smallest absolute Gasteiger partial charge is 0.138 e. The molecule has 1 aromatic rings. The van der Waals surface area contributed by atoms with Gasteiger partial charge in [-0.15, -0.1) is 0 Å². The zero-order valence-electron chi connectivity index (χ0n) is 8.96. The molecule has 78 valence electrons. The van der Waals surface area contributed by atoms with Crippen molar-refractivity contribution < 1.29 is 5.11 Å². The number of hydrogen-bond donors (Lipinski definition) is 2. The molecule has 0 radical (unpaired) electrons. The van der Waals surface area contributed by atoms with Crippen LogP contribution in [0.5, 0.6) is 5.75 Å². The van der Waals surface area contributed by atoms with Crippen LogP contribution in [0.15, 0.2) is 24.3 Å². The van der Waals surface area contributed by atoms with Crippen molar-refractivity contribution in [3.8, 4) is 5.75 Å². The van der Waals surface area contributed by atoms with E-state index in [2.05, 4.69) is 19.2 Å². The van der Waals surface area contributed by atoms with Gasteiger partial charge in [0.25, 0.3) is 0 Å². The van der Waals surface area contributed by atoms with E-state index in [4.69, 9.17) is 0 Å². The summed E-state index contributed by atoms with van der Waals surface area (Å²) in [7, 11) is 0. The highest BCUT2D eigenvalue weighted by Crippen LogP contribution is 2.22. The molecule has 0 aromatic heterocycles. The second kappa shape index (κ2) is 5.53. The maximum atomic E-state index is 9.52. The molecule has 0 heterocycles. The zero-order valence-corrected chi connectivity index (χ0v) is 8.96. The van der Waals surface area contributed by atoms with Gasteiger partial charge in [-0.1, -0.05) is 31.9 Å². The van der Waals surface area contributed by atoms with Crippen molar-refractivity contribution in [1.82, 2.24) is 0 Å². The molecule has 0 aliphatic rings. The minimum atomic E-state index is 0.329. The Morgan fingerprint density at radius 1 is 1.36 bits per heavy atom. The highest BCUT2D eigenvalue weighted by atomic mass is 16.3. The molecule has 0 amide bonds. The first-order valence-corrected chi connectivity index (χ1v) is 5.28. The molecule has 2 N–H and O–H groups in total. The summed E-state index contributed by atoms with van der Waals surface area (Å²) < 4.78 is 0. The molecule has 1 aromatic carbocycles. The Bertz CT molecular complexity index is 273. The van der Waals surface area contributed by atoms with Gasteiger partial charge in [-0.2, -0.15) is 0 Å². The van der Waals surface area contributed by atoms with Gasteiger partial charge in [0.15, 0.2) is 0 Å². The molecule has 0 saturated carbocycles. The topological polar surface area (TPSA) is 32.3 Å². The van der Waals surface area contributed by atoms with Crippen molar-refractivity contribution in [2.45, 2.75) is 39.2 Å². The Balaban J connectivity index is 2.47. The zero-order chi connectivity index (χ0) is 10.4. The van der Waals surface area contributed by atoms with Crippen LogP contribution in [-0.4, -0.2) is 11.1 Å². The molecule has 0 aliphatic carbocycles. The van der Waals surface area contributed by atoms with Crippen LogP contribution in [0.4, 0.5) is 5.69 Å². The van der Waals surface area contributed by atoms with Crippen molar-refractivity contribution >= 4 is 5.69 Å². The normalized spacial score (nSPS) is 12.4. The highest BCUT2D eigenvalue weighted by molar-refractivity contribution is 5.55. The van der Waals surface area contributed by atoms with Crippen molar-refractivity contribution in [3.05, 3.63) is 24.3 Å². The van der Waals surface area contributed by atoms with E-state index in [0.29, 0.717) is 11.8 Å². The molecular weight excluding hydrogens is 174 g/mol. The van der Waals surface area contributed by atoms with Crippen LogP contribution in [0.3, 0.4) is 0 Å². The minimum Gasteiger partial charge on any atom is -0.506 e. The monoisotopic (exact) mass is 193 g/mol. The molecule has 1 rings (SSSR count). The third-order valence-corrected chi connectivity index (χ3v) is 2.30. The van der Waals surface area contributed by atoms with Crippen LogP contribution in [0.1, 0.15) is 33.1 Å². The van der Waals surface area contributed by atoms with Crippen LogP contribution in [-0.2, 0) is 0 Å². The number of anilines is 1. The molecule has 2 heteroatoms. The summed E-state index contributed by atoms with van der Waals surface area (Å²) in [5.74, 6) is 0.329. The first-order chi connectivity index (χ1) is 6.74. The summed E-state index contributed by atoms with van der Waals surface area (Å²) in [5.41, 5.74) is 0.830. The van der Waals surface area contributed by atoms with Crippen molar-refractivity contribution in [2.75, 3.05) is 5.32 Å². The number of benzene rings is 1. The Labute approximate surface area is 86.0 Å².